The van der Waals surface area contributed by atoms with Crippen LogP contribution >= 0.6 is 0 Å². The number of hydrogen-bond acceptors (Lipinski definition) is 0. The first-order valence-electron chi connectivity index (χ1n) is 17.5. The molecule has 0 fully saturated rings. The molecule has 0 aromatic heterocycles. The molecule has 0 aliphatic carbocycles. The molecular weight excluding hydrogens is 608 g/mol. The SMILES string of the molecule is CCCCCCCCCCCCCCCC[N+](C)(C)C.CCCC[N+](CCCC)(CCCC)CCCC.[Br-].[Br-]. The normalized spacial score (nSPS) is 11.4. The average Bonchev–Trinajstić information content (AvgIpc) is 2.88. The Labute approximate surface area is 271 Å². The summed E-state index contributed by atoms with van der Waals surface area (Å²) in [5.41, 5.74) is 0. The van der Waals surface area contributed by atoms with E-state index >= 15 is 0 Å². The second-order valence-corrected chi connectivity index (χ2v) is 13.3. The molecule has 0 N–H and O–H groups in total. The van der Waals surface area contributed by atoms with Gasteiger partial charge in [0.2, 0.25) is 0 Å². The Morgan fingerprint density at radius 3 is 0.744 bits per heavy atom. The minimum atomic E-state index is 0. The molecule has 0 aromatic rings. The zero-order valence-corrected chi connectivity index (χ0v) is 31.9. The van der Waals surface area contributed by atoms with Crippen LogP contribution in [0.25, 0.3) is 0 Å². The lowest BCUT2D eigenvalue weighted by Crippen LogP contribution is -3.00. The predicted molar refractivity (Wildman–Crippen MR) is 173 cm³/mol. The molecule has 39 heavy (non-hydrogen) atoms. The van der Waals surface area contributed by atoms with Crippen LogP contribution in [0.4, 0.5) is 0 Å². The van der Waals surface area contributed by atoms with Crippen molar-refractivity contribution >= 4 is 0 Å². The molecule has 0 atom stereocenters. The molecule has 0 unspecified atom stereocenters. The smallest absolute Gasteiger partial charge is 0.0786 e. The van der Waals surface area contributed by atoms with E-state index in [0.717, 1.165) is 4.48 Å². The quantitative estimate of drug-likeness (QED) is 0.0826. The number of nitrogens with zero attached hydrogens (tertiary/aromatic N) is 2. The number of rotatable bonds is 27. The van der Waals surface area contributed by atoms with Gasteiger partial charge in [0.1, 0.15) is 0 Å². The molecule has 0 amide bonds. The lowest BCUT2D eigenvalue weighted by Gasteiger charge is -2.39. The second kappa shape index (κ2) is 35.1. The van der Waals surface area contributed by atoms with Crippen LogP contribution < -0.4 is 34.0 Å². The lowest BCUT2D eigenvalue weighted by molar-refractivity contribution is -0.929. The first-order valence-corrected chi connectivity index (χ1v) is 17.5. The minimum Gasteiger partial charge on any atom is -1.00 e. The molecule has 2 nitrogen and oxygen atoms in total. The van der Waals surface area contributed by atoms with E-state index in [9.17, 15) is 0 Å². The molecule has 0 aromatic carbocycles. The van der Waals surface area contributed by atoms with Gasteiger partial charge in [-0.15, -0.1) is 0 Å². The fourth-order valence-electron chi connectivity index (χ4n) is 5.43. The van der Waals surface area contributed by atoms with Crippen LogP contribution in [0.2, 0.25) is 0 Å². The van der Waals surface area contributed by atoms with Gasteiger partial charge in [-0.2, -0.15) is 0 Å². The first-order chi connectivity index (χ1) is 17.8. The molecule has 242 valence electrons. The van der Waals surface area contributed by atoms with E-state index < -0.39 is 0 Å². The van der Waals surface area contributed by atoms with E-state index in [1.165, 1.54) is 178 Å². The standard InChI is InChI=1S/C19H42N.C16H36N.2BrH/c1-5-6-7-8-9-10-11-12-13-14-15-16-17-18-19-20(2,3)4;1-5-9-13-17(14-10-6-2,15-11-7-3)16-12-8-4;;/h5-19H2,1-4H3;5-16H2,1-4H3;2*1H/q2*+1;;/p-2. The maximum Gasteiger partial charge on any atom is 0.0786 e. The van der Waals surface area contributed by atoms with Gasteiger partial charge in [-0.05, 0) is 38.5 Å². The third-order valence-corrected chi connectivity index (χ3v) is 8.13. The maximum absolute atomic E-state index is 2.33. The Bertz CT molecular complexity index is 386. The molecule has 0 saturated carbocycles. The number of halogens is 2. The fraction of sp³-hybridized carbons (Fsp3) is 1.00. The predicted octanol–water partition coefficient (Wildman–Crippen LogP) is 5.19. The molecule has 0 heterocycles. The van der Waals surface area contributed by atoms with Crippen LogP contribution in [0, 0.1) is 0 Å². The van der Waals surface area contributed by atoms with Crippen molar-refractivity contribution in [1.29, 1.82) is 0 Å². The summed E-state index contributed by atoms with van der Waals surface area (Å²) in [6.07, 6.45) is 31.4. The summed E-state index contributed by atoms with van der Waals surface area (Å²) in [4.78, 5) is 0. The van der Waals surface area contributed by atoms with E-state index in [2.05, 4.69) is 55.8 Å². The topological polar surface area (TPSA) is 0 Å². The molecule has 0 spiro atoms. The summed E-state index contributed by atoms with van der Waals surface area (Å²) in [6.45, 7) is 18.6. The summed E-state index contributed by atoms with van der Waals surface area (Å²) in [6, 6.07) is 0. The first kappa shape index (κ1) is 46.8. The highest BCUT2D eigenvalue weighted by molar-refractivity contribution is 4.50. The Hall–Kier alpha value is 0.880. The monoisotopic (exact) mass is 684 g/mol. The maximum atomic E-state index is 2.33. The van der Waals surface area contributed by atoms with Crippen LogP contribution in [0.3, 0.4) is 0 Å². The van der Waals surface area contributed by atoms with Gasteiger partial charge in [0.25, 0.3) is 0 Å². The summed E-state index contributed by atoms with van der Waals surface area (Å²) >= 11 is 0. The van der Waals surface area contributed by atoms with Crippen LogP contribution in [-0.4, -0.2) is 62.8 Å². The second-order valence-electron chi connectivity index (χ2n) is 13.3. The van der Waals surface area contributed by atoms with Gasteiger partial charge in [0.05, 0.1) is 53.9 Å². The Balaban J connectivity index is -0.000000302. The van der Waals surface area contributed by atoms with E-state index in [0.29, 0.717) is 0 Å². The number of hydrogen-bond donors (Lipinski definition) is 0. The van der Waals surface area contributed by atoms with Crippen molar-refractivity contribution in [2.24, 2.45) is 0 Å². The van der Waals surface area contributed by atoms with Crippen molar-refractivity contribution in [3.05, 3.63) is 0 Å². The van der Waals surface area contributed by atoms with Gasteiger partial charge in [-0.1, -0.05) is 137 Å². The van der Waals surface area contributed by atoms with Crippen molar-refractivity contribution in [3.63, 3.8) is 0 Å². The highest BCUT2D eigenvalue weighted by Gasteiger charge is 2.24. The number of unbranched alkanes of at least 4 members (excludes halogenated alkanes) is 17. The third kappa shape index (κ3) is 36.9. The largest absolute Gasteiger partial charge is 1.00 e. The van der Waals surface area contributed by atoms with Gasteiger partial charge in [-0.25, -0.2) is 0 Å². The summed E-state index contributed by atoms with van der Waals surface area (Å²) < 4.78 is 2.54. The van der Waals surface area contributed by atoms with E-state index in [-0.39, 0.29) is 34.0 Å². The van der Waals surface area contributed by atoms with Crippen molar-refractivity contribution < 1.29 is 42.9 Å². The summed E-state index contributed by atoms with van der Waals surface area (Å²) in [5, 5.41) is 0. The summed E-state index contributed by atoms with van der Waals surface area (Å²) in [5.74, 6) is 0. The van der Waals surface area contributed by atoms with E-state index in [1.807, 2.05) is 0 Å². The van der Waals surface area contributed by atoms with Crippen LogP contribution in [0.15, 0.2) is 0 Å². The van der Waals surface area contributed by atoms with Crippen molar-refractivity contribution in [2.45, 2.75) is 176 Å². The summed E-state index contributed by atoms with van der Waals surface area (Å²) in [7, 11) is 6.88. The molecule has 0 aliphatic heterocycles. The third-order valence-electron chi connectivity index (χ3n) is 8.13. The Morgan fingerprint density at radius 2 is 0.513 bits per heavy atom. The van der Waals surface area contributed by atoms with Crippen molar-refractivity contribution in [3.8, 4) is 0 Å². The zero-order valence-electron chi connectivity index (χ0n) is 28.7. The molecule has 0 aliphatic rings. The van der Waals surface area contributed by atoms with Crippen LogP contribution in [0.1, 0.15) is 176 Å². The Morgan fingerprint density at radius 1 is 0.282 bits per heavy atom. The molecule has 0 radical (unpaired) electrons. The lowest BCUT2D eigenvalue weighted by atomic mass is 10.0. The highest BCUT2D eigenvalue weighted by atomic mass is 79.9. The molecule has 0 rings (SSSR count). The molecule has 4 heteroatoms. The number of quaternary nitrogens is 2. The molecule has 0 saturated heterocycles. The fourth-order valence-corrected chi connectivity index (χ4v) is 5.43. The van der Waals surface area contributed by atoms with Gasteiger partial charge >= 0.3 is 0 Å². The van der Waals surface area contributed by atoms with Gasteiger partial charge in [-0.3, -0.25) is 0 Å². The van der Waals surface area contributed by atoms with Gasteiger partial charge in [0, 0.05) is 0 Å². The van der Waals surface area contributed by atoms with Crippen LogP contribution in [-0.2, 0) is 0 Å². The van der Waals surface area contributed by atoms with E-state index in [4.69, 9.17) is 0 Å². The van der Waals surface area contributed by atoms with Crippen molar-refractivity contribution in [2.75, 3.05) is 53.9 Å². The van der Waals surface area contributed by atoms with Gasteiger partial charge < -0.3 is 42.9 Å². The van der Waals surface area contributed by atoms with Crippen LogP contribution in [0.5, 0.6) is 0 Å². The molecule has 0 bridgehead atoms. The Kier molecular flexibility index (Phi) is 42.1. The van der Waals surface area contributed by atoms with Crippen molar-refractivity contribution in [1.82, 2.24) is 0 Å². The van der Waals surface area contributed by atoms with Gasteiger partial charge in [0.15, 0.2) is 0 Å². The average molecular weight is 687 g/mol. The molecular formula is C35H78Br2N2. The highest BCUT2D eigenvalue weighted by Crippen LogP contribution is 2.17. The zero-order chi connectivity index (χ0) is 28.1. The minimum absolute atomic E-state index is 0. The van der Waals surface area contributed by atoms with E-state index in [1.54, 1.807) is 0 Å².